The van der Waals surface area contributed by atoms with Crippen LogP contribution in [0.2, 0.25) is 0 Å². The van der Waals surface area contributed by atoms with Crippen molar-refractivity contribution in [1.29, 1.82) is 0 Å². The topological polar surface area (TPSA) is 85.8 Å². The van der Waals surface area contributed by atoms with Gasteiger partial charge < -0.3 is 19.8 Å². The van der Waals surface area contributed by atoms with Gasteiger partial charge in [0, 0.05) is 47.7 Å². The smallest absolute Gasteiger partial charge is 0.246 e. The lowest BCUT2D eigenvalue weighted by Gasteiger charge is -2.30. The molecule has 0 radical (unpaired) electrons. The van der Waals surface area contributed by atoms with Gasteiger partial charge in [-0.05, 0) is 63.3 Å². The SMILES string of the molecule is CCOc1cc2occ(-c3ccc(C)cc3C)c2cc1/C(C)=C/C(=O)N1CCC(C(N)=O)CC1. The molecule has 0 spiro atoms. The number of aryl methyl sites for hydroxylation is 2. The first-order valence-corrected chi connectivity index (χ1v) is 11.8. The fourth-order valence-corrected chi connectivity index (χ4v) is 4.70. The fourth-order valence-electron chi connectivity index (χ4n) is 4.70. The maximum absolute atomic E-state index is 13.0. The summed E-state index contributed by atoms with van der Waals surface area (Å²) in [4.78, 5) is 26.2. The van der Waals surface area contributed by atoms with Crippen LogP contribution in [0.5, 0.6) is 5.75 Å². The first-order valence-electron chi connectivity index (χ1n) is 11.8. The van der Waals surface area contributed by atoms with Gasteiger partial charge in [0.05, 0.1) is 12.9 Å². The van der Waals surface area contributed by atoms with Crippen molar-refractivity contribution >= 4 is 28.4 Å². The van der Waals surface area contributed by atoms with Gasteiger partial charge in [-0.2, -0.15) is 0 Å². The van der Waals surface area contributed by atoms with Gasteiger partial charge in [0.2, 0.25) is 11.8 Å². The number of benzene rings is 2. The number of furan rings is 1. The molecule has 1 fully saturated rings. The van der Waals surface area contributed by atoms with E-state index in [1.807, 2.05) is 19.9 Å². The molecule has 1 aliphatic heterocycles. The predicted octanol–water partition coefficient (Wildman–Crippen LogP) is 5.24. The third-order valence-electron chi connectivity index (χ3n) is 6.62. The molecule has 34 heavy (non-hydrogen) atoms. The minimum absolute atomic E-state index is 0.0650. The lowest BCUT2D eigenvalue weighted by Crippen LogP contribution is -2.41. The molecule has 0 unspecified atom stereocenters. The summed E-state index contributed by atoms with van der Waals surface area (Å²) >= 11 is 0. The average molecular weight is 461 g/mol. The van der Waals surface area contributed by atoms with Crippen molar-refractivity contribution < 1.29 is 18.7 Å². The molecule has 2 aromatic carbocycles. The molecule has 4 rings (SSSR count). The molecule has 1 aliphatic rings. The number of hydrogen-bond donors (Lipinski definition) is 1. The number of carbonyl (C=O) groups is 2. The number of nitrogens with two attached hydrogens (primary N) is 1. The van der Waals surface area contributed by atoms with Crippen LogP contribution in [0.3, 0.4) is 0 Å². The van der Waals surface area contributed by atoms with Crippen molar-refractivity contribution in [2.75, 3.05) is 19.7 Å². The van der Waals surface area contributed by atoms with E-state index in [4.69, 9.17) is 14.9 Å². The first kappa shape index (κ1) is 23.6. The second-order valence-electron chi connectivity index (χ2n) is 9.07. The number of hydrogen-bond acceptors (Lipinski definition) is 4. The van der Waals surface area contributed by atoms with Gasteiger partial charge in [-0.15, -0.1) is 0 Å². The van der Waals surface area contributed by atoms with Crippen LogP contribution in [0.25, 0.3) is 27.7 Å². The van der Waals surface area contributed by atoms with Gasteiger partial charge in [-0.1, -0.05) is 23.8 Å². The first-order chi connectivity index (χ1) is 16.3. The molecule has 0 atom stereocenters. The van der Waals surface area contributed by atoms with E-state index < -0.39 is 0 Å². The monoisotopic (exact) mass is 460 g/mol. The van der Waals surface area contributed by atoms with Gasteiger partial charge >= 0.3 is 0 Å². The van der Waals surface area contributed by atoms with Crippen molar-refractivity contribution in [3.05, 3.63) is 59.4 Å². The Morgan fingerprint density at radius 3 is 2.53 bits per heavy atom. The van der Waals surface area contributed by atoms with Gasteiger partial charge in [-0.3, -0.25) is 9.59 Å². The van der Waals surface area contributed by atoms with Crippen LogP contribution in [-0.4, -0.2) is 36.4 Å². The fraction of sp³-hybridized carbons (Fsp3) is 0.357. The van der Waals surface area contributed by atoms with Crippen molar-refractivity contribution in [3.8, 4) is 16.9 Å². The van der Waals surface area contributed by atoms with Crippen molar-refractivity contribution in [2.24, 2.45) is 11.7 Å². The zero-order valence-electron chi connectivity index (χ0n) is 20.3. The van der Waals surface area contributed by atoms with E-state index in [0.717, 1.165) is 33.2 Å². The molecule has 0 aliphatic carbocycles. The van der Waals surface area contributed by atoms with E-state index in [1.165, 1.54) is 11.1 Å². The van der Waals surface area contributed by atoms with Gasteiger partial charge in [0.1, 0.15) is 11.3 Å². The molecular formula is C28H32N2O4. The molecule has 0 saturated carbocycles. The summed E-state index contributed by atoms with van der Waals surface area (Å²) in [6.07, 6.45) is 4.66. The predicted molar refractivity (Wildman–Crippen MR) is 134 cm³/mol. The van der Waals surface area contributed by atoms with Crippen molar-refractivity contribution in [2.45, 2.75) is 40.5 Å². The van der Waals surface area contributed by atoms with E-state index in [1.54, 1.807) is 17.2 Å². The highest BCUT2D eigenvalue weighted by Gasteiger charge is 2.25. The van der Waals surface area contributed by atoms with Crippen LogP contribution in [-0.2, 0) is 9.59 Å². The van der Waals surface area contributed by atoms with Crippen LogP contribution in [0, 0.1) is 19.8 Å². The number of primary amides is 1. The number of carbonyl (C=O) groups excluding carboxylic acids is 2. The Bertz CT molecular complexity index is 1260. The minimum atomic E-state index is -0.284. The average Bonchev–Trinajstić information content (AvgIpc) is 3.21. The third-order valence-corrected chi connectivity index (χ3v) is 6.62. The molecule has 2 N–H and O–H groups in total. The third kappa shape index (κ3) is 4.72. The number of piperidine rings is 1. The second kappa shape index (κ2) is 9.75. The van der Waals surface area contributed by atoms with Crippen LogP contribution < -0.4 is 10.5 Å². The van der Waals surface area contributed by atoms with Crippen LogP contribution in [0.4, 0.5) is 0 Å². The summed E-state index contributed by atoms with van der Waals surface area (Å²) in [5.74, 6) is 0.189. The number of nitrogens with zero attached hydrogens (tertiary/aromatic N) is 1. The van der Waals surface area contributed by atoms with Crippen molar-refractivity contribution in [1.82, 2.24) is 4.90 Å². The Balaban J connectivity index is 1.69. The Hall–Kier alpha value is -3.54. The summed E-state index contributed by atoms with van der Waals surface area (Å²) in [7, 11) is 0. The maximum Gasteiger partial charge on any atom is 0.246 e. The second-order valence-corrected chi connectivity index (χ2v) is 9.07. The summed E-state index contributed by atoms with van der Waals surface area (Å²) in [5, 5.41) is 0.980. The summed E-state index contributed by atoms with van der Waals surface area (Å²) in [5.41, 5.74) is 12.4. The highest BCUT2D eigenvalue weighted by molar-refractivity contribution is 6.00. The zero-order chi connectivity index (χ0) is 24.4. The summed E-state index contributed by atoms with van der Waals surface area (Å²) < 4.78 is 11.8. The molecule has 6 nitrogen and oxygen atoms in total. The van der Waals surface area contributed by atoms with E-state index in [9.17, 15) is 9.59 Å². The Morgan fingerprint density at radius 1 is 1.15 bits per heavy atom. The largest absolute Gasteiger partial charge is 0.493 e. The highest BCUT2D eigenvalue weighted by atomic mass is 16.5. The molecule has 1 aromatic heterocycles. The number of ether oxygens (including phenoxy) is 1. The van der Waals surface area contributed by atoms with E-state index in [2.05, 4.69) is 38.1 Å². The molecule has 6 heteroatoms. The number of likely N-dealkylation sites (tertiary alicyclic amines) is 1. The van der Waals surface area contributed by atoms with Crippen molar-refractivity contribution in [3.63, 3.8) is 0 Å². The highest BCUT2D eigenvalue weighted by Crippen LogP contribution is 2.38. The van der Waals surface area contributed by atoms with Gasteiger partial charge in [0.25, 0.3) is 0 Å². The van der Waals surface area contributed by atoms with Gasteiger partial charge in [-0.25, -0.2) is 0 Å². The lowest BCUT2D eigenvalue weighted by atomic mass is 9.95. The Kier molecular flexibility index (Phi) is 6.77. The van der Waals surface area contributed by atoms with Crippen LogP contribution >= 0.6 is 0 Å². The number of rotatable bonds is 6. The van der Waals surface area contributed by atoms with E-state index in [-0.39, 0.29) is 17.7 Å². The van der Waals surface area contributed by atoms with E-state index in [0.29, 0.717) is 38.3 Å². The Morgan fingerprint density at radius 2 is 1.88 bits per heavy atom. The number of fused-ring (bicyclic) bond motifs is 1. The van der Waals surface area contributed by atoms with E-state index >= 15 is 0 Å². The molecule has 0 bridgehead atoms. The van der Waals surface area contributed by atoms with Gasteiger partial charge in [0.15, 0.2) is 0 Å². The summed E-state index contributed by atoms with van der Waals surface area (Å²) in [6.45, 7) is 9.61. The van der Waals surface area contributed by atoms with Crippen LogP contribution in [0.15, 0.2) is 47.1 Å². The molecule has 3 aromatic rings. The minimum Gasteiger partial charge on any atom is -0.493 e. The zero-order valence-corrected chi connectivity index (χ0v) is 20.3. The standard InChI is InChI=1S/C28H32N2O4/c1-5-33-25-15-26-23(24(16-34-26)21-7-6-17(2)12-18(21)3)14-22(25)19(4)13-27(31)30-10-8-20(9-11-30)28(29)32/h6-7,12-16,20H,5,8-11H2,1-4H3,(H2,29,32)/b19-13+. The molecule has 2 amide bonds. The molecule has 2 heterocycles. The maximum atomic E-state index is 13.0. The molecule has 178 valence electrons. The molecular weight excluding hydrogens is 428 g/mol. The number of allylic oxidation sites excluding steroid dienone is 1. The quantitative estimate of drug-likeness (QED) is 0.510. The normalized spacial score (nSPS) is 15.1. The number of amides is 2. The summed E-state index contributed by atoms with van der Waals surface area (Å²) in [6, 6.07) is 10.3. The lowest BCUT2D eigenvalue weighted by molar-refractivity contribution is -0.130. The Labute approximate surface area is 200 Å². The van der Waals surface area contributed by atoms with Crippen LogP contribution in [0.1, 0.15) is 43.4 Å². The molecule has 1 saturated heterocycles.